The zero-order valence-electron chi connectivity index (χ0n) is 17.2. The van der Waals surface area contributed by atoms with E-state index in [9.17, 15) is 44.4 Å². The first-order valence-electron chi connectivity index (χ1n) is 8.83. The van der Waals surface area contributed by atoms with Gasteiger partial charge in [-0.05, 0) is 20.8 Å². The van der Waals surface area contributed by atoms with Crippen LogP contribution >= 0.6 is 34.8 Å². The lowest BCUT2D eigenvalue weighted by atomic mass is 9.63. The monoisotopic (exact) mass is 521 g/mol. The summed E-state index contributed by atoms with van der Waals surface area (Å²) in [5.41, 5.74) is -6.95. The number of halogens is 3. The number of amides is 1. The topological polar surface area (TPSA) is 197 Å². The number of alkyl halides is 3. The highest BCUT2D eigenvalue weighted by Gasteiger charge is 2.76. The highest BCUT2D eigenvalue weighted by Crippen LogP contribution is 2.45. The van der Waals surface area contributed by atoms with Gasteiger partial charge in [-0.15, -0.1) is 0 Å². The Kier molecular flexibility index (Phi) is 8.48. The predicted molar refractivity (Wildman–Crippen MR) is 107 cm³/mol. The van der Waals surface area contributed by atoms with Crippen LogP contribution in [0.15, 0.2) is 0 Å². The van der Waals surface area contributed by atoms with Gasteiger partial charge in [0, 0.05) is 6.92 Å². The molecule has 6 atom stereocenters. The minimum absolute atomic E-state index is 0.651. The molecule has 1 aliphatic heterocycles. The van der Waals surface area contributed by atoms with E-state index < -0.39 is 74.9 Å². The molecular weight excluding hydrogens is 501 g/mol. The van der Waals surface area contributed by atoms with E-state index in [1.807, 2.05) is 0 Å². The minimum Gasteiger partial charge on any atom is -0.445 e. The number of nitrogens with one attached hydrogen (secondary N) is 1. The third-order valence-electron chi connectivity index (χ3n) is 5.02. The van der Waals surface area contributed by atoms with Crippen molar-refractivity contribution in [2.24, 2.45) is 0 Å². The molecule has 0 aromatic carbocycles. The Hall–Kier alpha value is -1.38. The van der Waals surface area contributed by atoms with Crippen LogP contribution in [-0.4, -0.2) is 95.3 Å². The molecule has 1 rings (SSSR count). The molecule has 1 heterocycles. The summed E-state index contributed by atoms with van der Waals surface area (Å²) in [4.78, 5) is 61.2. The van der Waals surface area contributed by atoms with Gasteiger partial charge in [-0.1, -0.05) is 34.8 Å². The second-order valence-corrected chi connectivity index (χ2v) is 9.78. The Morgan fingerprint density at radius 1 is 0.969 bits per heavy atom. The normalized spacial score (nSPS) is 33.7. The van der Waals surface area contributed by atoms with Crippen LogP contribution in [0.2, 0.25) is 0 Å². The molecule has 0 aliphatic carbocycles. The van der Waals surface area contributed by atoms with E-state index in [2.05, 4.69) is 4.74 Å². The van der Waals surface area contributed by atoms with Crippen molar-refractivity contribution >= 4 is 64.0 Å². The van der Waals surface area contributed by atoms with E-state index in [1.165, 1.54) is 0 Å². The van der Waals surface area contributed by atoms with Crippen LogP contribution in [0.4, 0.5) is 4.79 Å². The molecule has 5 N–H and O–H groups in total. The van der Waals surface area contributed by atoms with E-state index in [4.69, 9.17) is 39.5 Å². The molecule has 15 heteroatoms. The summed E-state index contributed by atoms with van der Waals surface area (Å²) in [6.07, 6.45) is -6.46. The lowest BCUT2D eigenvalue weighted by Gasteiger charge is -2.57. The van der Waals surface area contributed by atoms with Crippen molar-refractivity contribution in [3.8, 4) is 0 Å². The van der Waals surface area contributed by atoms with E-state index in [0.717, 1.165) is 6.92 Å². The van der Waals surface area contributed by atoms with Gasteiger partial charge in [0.1, 0.15) is 24.9 Å². The smallest absolute Gasteiger partial charge is 0.407 e. The maximum atomic E-state index is 12.5. The molecule has 0 saturated carbocycles. The van der Waals surface area contributed by atoms with Gasteiger partial charge in [0.05, 0.1) is 0 Å². The lowest BCUT2D eigenvalue weighted by Crippen LogP contribution is -2.87. The number of ether oxygens (including phenoxy) is 2. The molecule has 12 nitrogen and oxygen atoms in total. The van der Waals surface area contributed by atoms with Gasteiger partial charge in [0.15, 0.2) is 34.3 Å². The molecule has 1 amide bonds. The summed E-state index contributed by atoms with van der Waals surface area (Å²) in [6, 6.07) is -2.59. The number of carbonyl (C=O) groups excluding carboxylic acids is 5. The summed E-state index contributed by atoms with van der Waals surface area (Å²) in [5.74, 6) is -8.67. The molecule has 0 radical (unpaired) electrons. The summed E-state index contributed by atoms with van der Waals surface area (Å²) in [5, 5.41) is 45.3. The van der Waals surface area contributed by atoms with Gasteiger partial charge < -0.3 is 35.2 Å². The van der Waals surface area contributed by atoms with Crippen LogP contribution < -0.4 is 5.32 Å². The molecule has 182 valence electrons. The van der Waals surface area contributed by atoms with Crippen molar-refractivity contribution in [3.05, 3.63) is 0 Å². The van der Waals surface area contributed by atoms with E-state index >= 15 is 0 Å². The number of Topliss-reactive ketones (excluding diaryl/α,β-unsaturated/α-hetero) is 4. The number of carbonyl (C=O) groups is 5. The van der Waals surface area contributed by atoms with Crippen LogP contribution in [-0.2, 0) is 28.7 Å². The third kappa shape index (κ3) is 4.92. The maximum absolute atomic E-state index is 12.5. The second-order valence-electron chi connectivity index (χ2n) is 7.26. The van der Waals surface area contributed by atoms with Gasteiger partial charge in [-0.25, -0.2) is 4.79 Å². The van der Waals surface area contributed by atoms with Crippen LogP contribution in [0, 0.1) is 0 Å². The third-order valence-corrected chi connectivity index (χ3v) is 5.35. The van der Waals surface area contributed by atoms with Gasteiger partial charge in [-0.3, -0.25) is 19.2 Å². The molecule has 0 spiro atoms. The zero-order chi connectivity index (χ0) is 25.4. The molecule has 1 fully saturated rings. The van der Waals surface area contributed by atoms with Crippen molar-refractivity contribution in [1.29, 1.82) is 0 Å². The van der Waals surface area contributed by atoms with Crippen molar-refractivity contribution in [1.82, 2.24) is 5.32 Å². The Bertz CT molecular complexity index is 831. The minimum atomic E-state index is -3.52. The second kappa shape index (κ2) is 9.47. The van der Waals surface area contributed by atoms with Crippen molar-refractivity contribution in [2.45, 2.75) is 66.7 Å². The molecule has 32 heavy (non-hydrogen) atoms. The molecule has 1 unspecified atom stereocenters. The number of aliphatic hydroxyl groups is 4. The van der Waals surface area contributed by atoms with E-state index in [0.29, 0.717) is 20.8 Å². The average molecular weight is 523 g/mol. The first-order chi connectivity index (χ1) is 14.3. The van der Waals surface area contributed by atoms with Crippen molar-refractivity contribution < 1.29 is 53.9 Å². The van der Waals surface area contributed by atoms with Crippen LogP contribution in [0.3, 0.4) is 0 Å². The molecular formula is C17H22Cl3NO11. The molecule has 0 aromatic rings. The van der Waals surface area contributed by atoms with Gasteiger partial charge in [0.25, 0.3) is 5.79 Å². The Labute approximate surface area is 196 Å². The van der Waals surface area contributed by atoms with Crippen LogP contribution in [0.25, 0.3) is 0 Å². The number of ketones is 4. The Morgan fingerprint density at radius 2 is 1.44 bits per heavy atom. The molecule has 1 saturated heterocycles. The number of alkyl carbamates (subject to hydrolysis) is 1. The lowest BCUT2D eigenvalue weighted by molar-refractivity contribution is -0.344. The Morgan fingerprint density at radius 3 is 1.78 bits per heavy atom. The number of hydrogen-bond acceptors (Lipinski definition) is 11. The van der Waals surface area contributed by atoms with Gasteiger partial charge in [-0.2, -0.15) is 0 Å². The van der Waals surface area contributed by atoms with Crippen molar-refractivity contribution in [2.75, 3.05) is 6.61 Å². The summed E-state index contributed by atoms with van der Waals surface area (Å²) in [6.45, 7) is 1.98. The first-order valence-corrected chi connectivity index (χ1v) is 9.96. The van der Waals surface area contributed by atoms with Gasteiger partial charge >= 0.3 is 6.09 Å². The van der Waals surface area contributed by atoms with Gasteiger partial charge in [0.2, 0.25) is 3.79 Å². The number of hydrogen-bond donors (Lipinski definition) is 5. The van der Waals surface area contributed by atoms with E-state index in [1.54, 1.807) is 5.32 Å². The number of rotatable bonds is 7. The average Bonchev–Trinajstić information content (AvgIpc) is 2.64. The van der Waals surface area contributed by atoms with Crippen LogP contribution in [0.5, 0.6) is 0 Å². The highest BCUT2D eigenvalue weighted by molar-refractivity contribution is 6.67. The standard InChI is InChI=1S/C17H22Cl3NO11/c1-6(22)10(26)11-15(28,7(2)23)16(29,8(3)24)12(17(30,32-11)9(4)25)21-13(27)31-5-14(18,19)20/h10-12,26,28-30H,5H2,1-4H3,(H,21,27)/t10?,11-,12+,15-,16-,17+/m1/s1. The van der Waals surface area contributed by atoms with Crippen molar-refractivity contribution in [3.63, 3.8) is 0 Å². The summed E-state index contributed by atoms with van der Waals surface area (Å²) < 4.78 is 7.53. The summed E-state index contributed by atoms with van der Waals surface area (Å²) in [7, 11) is 0. The fraction of sp³-hybridized carbons (Fsp3) is 0.706. The first kappa shape index (κ1) is 28.7. The largest absolute Gasteiger partial charge is 0.445 e. The highest BCUT2D eigenvalue weighted by atomic mass is 35.6. The number of aliphatic hydroxyl groups excluding tert-OH is 1. The fourth-order valence-electron chi connectivity index (χ4n) is 3.31. The molecule has 0 aromatic heterocycles. The maximum Gasteiger partial charge on any atom is 0.407 e. The molecule has 1 aliphatic rings. The fourth-order valence-corrected chi connectivity index (χ4v) is 3.47. The quantitative estimate of drug-likeness (QED) is 0.250. The zero-order valence-corrected chi connectivity index (χ0v) is 19.5. The summed E-state index contributed by atoms with van der Waals surface area (Å²) >= 11 is 16.4. The van der Waals surface area contributed by atoms with Crippen LogP contribution in [0.1, 0.15) is 27.7 Å². The predicted octanol–water partition coefficient (Wildman–Crippen LogP) is -1.28. The Balaban J connectivity index is 3.75. The SMILES string of the molecule is CC(=O)C(O)[C@H]1O[C@@](O)(C(C)=O)[C@@H](NC(=O)OCC(Cl)(Cl)Cl)[C@](O)(C(C)=O)[C@@]1(O)C(C)=O. The molecule has 0 bridgehead atoms. The van der Waals surface area contributed by atoms with E-state index in [-0.39, 0.29) is 0 Å².